The maximum Gasteiger partial charge on any atom is 0.288 e. The molecule has 9 nitrogen and oxygen atoms in total. The van der Waals surface area contributed by atoms with Gasteiger partial charge in [-0.25, -0.2) is 5.10 Å². The number of hydrogen-bond donors (Lipinski definition) is 2. The van der Waals surface area contributed by atoms with E-state index in [4.69, 9.17) is 4.74 Å². The first-order chi connectivity index (χ1) is 13.3. The fraction of sp³-hybridized carbons (Fsp3) is 0.118. The van der Waals surface area contributed by atoms with Crippen LogP contribution in [0.5, 0.6) is 5.75 Å². The average Bonchev–Trinajstić information content (AvgIpc) is 3.39. The maximum absolute atomic E-state index is 12.5. The van der Waals surface area contributed by atoms with Crippen LogP contribution in [0.3, 0.4) is 0 Å². The Morgan fingerprint density at radius 1 is 1.22 bits per heavy atom. The SMILES string of the molecule is COc1ccc([C@H]2c3c(-c4cccs4)n[nH]c(=O)c3Nc3nnnn32)cc1. The van der Waals surface area contributed by atoms with E-state index >= 15 is 0 Å². The molecule has 1 aliphatic rings. The van der Waals surface area contributed by atoms with Gasteiger partial charge < -0.3 is 10.1 Å². The largest absolute Gasteiger partial charge is 0.497 e. The van der Waals surface area contributed by atoms with Crippen LogP contribution in [0.25, 0.3) is 10.6 Å². The van der Waals surface area contributed by atoms with Crippen LogP contribution >= 0.6 is 11.3 Å². The van der Waals surface area contributed by atoms with Crippen molar-refractivity contribution in [3.8, 4) is 16.3 Å². The highest BCUT2D eigenvalue weighted by Gasteiger charge is 2.34. The van der Waals surface area contributed by atoms with E-state index in [1.165, 1.54) is 0 Å². The number of methoxy groups -OCH3 is 1. The molecule has 4 aromatic rings. The Labute approximate surface area is 156 Å². The summed E-state index contributed by atoms with van der Waals surface area (Å²) in [5.41, 5.74) is 2.41. The normalized spacial score (nSPS) is 14.9. The summed E-state index contributed by atoms with van der Waals surface area (Å²) in [6.07, 6.45) is 0. The van der Waals surface area contributed by atoms with Gasteiger partial charge in [-0.1, -0.05) is 23.3 Å². The number of rotatable bonds is 3. The molecule has 1 aliphatic heterocycles. The highest BCUT2D eigenvalue weighted by molar-refractivity contribution is 7.13. The molecule has 134 valence electrons. The maximum atomic E-state index is 12.5. The Bertz CT molecular complexity index is 1160. The van der Waals surface area contributed by atoms with Crippen molar-refractivity contribution in [3.63, 3.8) is 0 Å². The molecular formula is C17H13N7O2S. The molecule has 0 saturated heterocycles. The standard InChI is InChI=1S/C17H13N7O2S/c1-26-10-6-4-9(5-7-10)15-12-13(11-3-2-8-27-11)19-20-16(25)14(12)18-17-21-22-23-24(15)17/h2-8,15H,1H3,(H,20,25)(H,18,21,23)/t15-/m0/s1. The third-order valence-electron chi connectivity index (χ3n) is 4.45. The number of aromatic nitrogens is 6. The van der Waals surface area contributed by atoms with E-state index in [1.807, 2.05) is 41.8 Å². The molecule has 1 aromatic carbocycles. The second kappa shape index (κ2) is 6.02. The number of aromatic amines is 1. The first-order valence-corrected chi connectivity index (χ1v) is 8.99. The van der Waals surface area contributed by atoms with Gasteiger partial charge in [0.2, 0.25) is 5.95 Å². The number of H-pyrrole nitrogens is 1. The monoisotopic (exact) mass is 379 g/mol. The number of benzene rings is 1. The first kappa shape index (κ1) is 15.7. The van der Waals surface area contributed by atoms with Crippen LogP contribution in [-0.4, -0.2) is 37.5 Å². The minimum absolute atomic E-state index is 0.321. The Balaban J connectivity index is 1.79. The predicted octanol–water partition coefficient (Wildman–Crippen LogP) is 2.19. The van der Waals surface area contributed by atoms with Crippen molar-refractivity contribution in [2.45, 2.75) is 6.04 Å². The molecule has 0 spiro atoms. The zero-order valence-corrected chi connectivity index (χ0v) is 14.9. The predicted molar refractivity (Wildman–Crippen MR) is 99.5 cm³/mol. The van der Waals surface area contributed by atoms with Gasteiger partial charge in [0.15, 0.2) is 0 Å². The number of nitrogens with one attached hydrogen (secondary N) is 2. The summed E-state index contributed by atoms with van der Waals surface area (Å²) >= 11 is 1.55. The molecule has 0 aliphatic carbocycles. The van der Waals surface area contributed by atoms with E-state index in [0.717, 1.165) is 21.8 Å². The van der Waals surface area contributed by atoms with Crippen molar-refractivity contribution in [2.24, 2.45) is 0 Å². The molecule has 10 heteroatoms. The third-order valence-corrected chi connectivity index (χ3v) is 5.33. The molecule has 1 atom stereocenters. The van der Waals surface area contributed by atoms with Crippen LogP contribution in [0.15, 0.2) is 46.6 Å². The van der Waals surface area contributed by atoms with Gasteiger partial charge in [0, 0.05) is 5.56 Å². The Hall–Kier alpha value is -3.53. The summed E-state index contributed by atoms with van der Waals surface area (Å²) in [5.74, 6) is 1.14. The number of fused-ring (bicyclic) bond motifs is 2. The lowest BCUT2D eigenvalue weighted by atomic mass is 9.94. The molecule has 4 heterocycles. The van der Waals surface area contributed by atoms with E-state index in [2.05, 4.69) is 31.0 Å². The Kier molecular flexibility index (Phi) is 3.50. The van der Waals surface area contributed by atoms with Crippen molar-refractivity contribution in [3.05, 3.63) is 63.3 Å². The van der Waals surface area contributed by atoms with E-state index in [0.29, 0.717) is 17.3 Å². The topological polar surface area (TPSA) is 111 Å². The van der Waals surface area contributed by atoms with Crippen molar-refractivity contribution < 1.29 is 4.74 Å². The molecular weight excluding hydrogens is 366 g/mol. The lowest BCUT2D eigenvalue weighted by molar-refractivity contribution is 0.414. The van der Waals surface area contributed by atoms with E-state index in [-0.39, 0.29) is 5.56 Å². The van der Waals surface area contributed by atoms with Gasteiger partial charge >= 0.3 is 0 Å². The first-order valence-electron chi connectivity index (χ1n) is 8.11. The summed E-state index contributed by atoms with van der Waals surface area (Å²) < 4.78 is 6.91. The number of tetrazole rings is 1. The second-order valence-corrected chi connectivity index (χ2v) is 6.86. The lowest BCUT2D eigenvalue weighted by Gasteiger charge is -2.27. The molecule has 5 rings (SSSR count). The van der Waals surface area contributed by atoms with E-state index < -0.39 is 6.04 Å². The van der Waals surface area contributed by atoms with Crippen molar-refractivity contribution in [2.75, 3.05) is 12.4 Å². The molecule has 27 heavy (non-hydrogen) atoms. The average molecular weight is 379 g/mol. The van der Waals surface area contributed by atoms with Gasteiger partial charge in [-0.2, -0.15) is 9.78 Å². The second-order valence-electron chi connectivity index (χ2n) is 5.92. The van der Waals surface area contributed by atoms with Crippen molar-refractivity contribution in [1.29, 1.82) is 0 Å². The minimum atomic E-state index is -0.399. The van der Waals surface area contributed by atoms with Crippen LogP contribution < -0.4 is 15.6 Å². The van der Waals surface area contributed by atoms with Gasteiger partial charge in [-0.15, -0.1) is 11.3 Å². The van der Waals surface area contributed by atoms with Crippen LogP contribution in [-0.2, 0) is 0 Å². The summed E-state index contributed by atoms with van der Waals surface area (Å²) in [4.78, 5) is 13.5. The quantitative estimate of drug-likeness (QED) is 0.494. The summed E-state index contributed by atoms with van der Waals surface area (Å²) in [6, 6.07) is 11.1. The zero-order chi connectivity index (χ0) is 18.4. The number of thiophene rings is 1. The van der Waals surface area contributed by atoms with E-state index in [9.17, 15) is 4.79 Å². The van der Waals surface area contributed by atoms with Gasteiger partial charge in [0.25, 0.3) is 5.56 Å². The molecule has 3 aromatic heterocycles. The molecule has 2 N–H and O–H groups in total. The molecule has 0 unspecified atom stereocenters. The van der Waals surface area contributed by atoms with Gasteiger partial charge in [0.05, 0.1) is 12.0 Å². The highest BCUT2D eigenvalue weighted by Crippen LogP contribution is 2.42. The summed E-state index contributed by atoms with van der Waals surface area (Å²) in [5, 5.41) is 23.8. The highest BCUT2D eigenvalue weighted by atomic mass is 32.1. The molecule has 0 radical (unpaired) electrons. The van der Waals surface area contributed by atoms with E-state index in [1.54, 1.807) is 23.1 Å². The third kappa shape index (κ3) is 2.41. The van der Waals surface area contributed by atoms with Crippen LogP contribution in [0.2, 0.25) is 0 Å². The summed E-state index contributed by atoms with van der Waals surface area (Å²) in [7, 11) is 1.62. The minimum Gasteiger partial charge on any atom is -0.497 e. The van der Waals surface area contributed by atoms with Crippen molar-refractivity contribution >= 4 is 23.0 Å². The molecule has 0 saturated carbocycles. The summed E-state index contributed by atoms with van der Waals surface area (Å²) in [6.45, 7) is 0. The number of anilines is 2. The molecule has 0 bridgehead atoms. The Morgan fingerprint density at radius 2 is 2.07 bits per heavy atom. The lowest BCUT2D eigenvalue weighted by Crippen LogP contribution is -2.29. The molecule has 0 fully saturated rings. The fourth-order valence-electron chi connectivity index (χ4n) is 3.23. The molecule has 0 amide bonds. The van der Waals surface area contributed by atoms with Crippen LogP contribution in [0, 0.1) is 0 Å². The number of hydrogen-bond acceptors (Lipinski definition) is 8. The van der Waals surface area contributed by atoms with Crippen LogP contribution in [0.1, 0.15) is 17.2 Å². The fourth-order valence-corrected chi connectivity index (χ4v) is 3.96. The number of nitrogens with zero attached hydrogens (tertiary/aromatic N) is 5. The van der Waals surface area contributed by atoms with Gasteiger partial charge in [-0.05, 0) is 39.6 Å². The smallest absolute Gasteiger partial charge is 0.288 e. The van der Waals surface area contributed by atoms with Crippen molar-refractivity contribution in [1.82, 2.24) is 30.4 Å². The van der Waals surface area contributed by atoms with Crippen LogP contribution in [0.4, 0.5) is 11.6 Å². The van der Waals surface area contributed by atoms with Gasteiger partial charge in [-0.3, -0.25) is 4.79 Å². The number of ether oxygens (including phenoxy) is 1. The van der Waals surface area contributed by atoms with Gasteiger partial charge in [0.1, 0.15) is 23.2 Å². The zero-order valence-electron chi connectivity index (χ0n) is 14.1. The Morgan fingerprint density at radius 3 is 2.81 bits per heavy atom.